The Morgan fingerprint density at radius 1 is 1.47 bits per heavy atom. The van der Waals surface area contributed by atoms with Crippen LogP contribution in [0.5, 0.6) is 5.75 Å². The summed E-state index contributed by atoms with van der Waals surface area (Å²) in [7, 11) is 1.58. The number of aromatic nitrogens is 1. The molecule has 2 rings (SSSR count). The van der Waals surface area contributed by atoms with Crippen molar-refractivity contribution >= 4 is 22.6 Å². The van der Waals surface area contributed by atoms with Crippen LogP contribution in [0.2, 0.25) is 0 Å². The van der Waals surface area contributed by atoms with E-state index in [1.165, 1.54) is 0 Å². The third-order valence-corrected chi connectivity index (χ3v) is 2.76. The van der Waals surface area contributed by atoms with Crippen LogP contribution in [0.4, 0.5) is 5.82 Å². The number of aliphatic hydroxyl groups excluding tert-OH is 1. The maximum Gasteiger partial charge on any atom is 0.328 e. The molecule has 19 heavy (non-hydrogen) atoms. The minimum Gasteiger partial charge on any atom is -0.497 e. The second-order valence-electron chi connectivity index (χ2n) is 3.96. The lowest BCUT2D eigenvalue weighted by molar-refractivity contribution is -0.138. The van der Waals surface area contributed by atoms with Crippen LogP contribution in [0, 0.1) is 0 Å². The molecule has 6 nitrogen and oxygen atoms in total. The van der Waals surface area contributed by atoms with E-state index in [9.17, 15) is 4.79 Å². The van der Waals surface area contributed by atoms with Crippen LogP contribution in [-0.4, -0.2) is 40.9 Å². The van der Waals surface area contributed by atoms with Crippen LogP contribution >= 0.6 is 0 Å². The van der Waals surface area contributed by atoms with Gasteiger partial charge in [0.25, 0.3) is 0 Å². The van der Waals surface area contributed by atoms with Crippen LogP contribution in [-0.2, 0) is 4.79 Å². The number of nitrogens with zero attached hydrogens (tertiary/aromatic N) is 1. The fourth-order valence-corrected chi connectivity index (χ4v) is 1.75. The first-order chi connectivity index (χ1) is 9.15. The highest BCUT2D eigenvalue weighted by Crippen LogP contribution is 2.25. The monoisotopic (exact) mass is 262 g/mol. The highest BCUT2D eigenvalue weighted by Gasteiger charge is 2.17. The maximum absolute atomic E-state index is 10.9. The Morgan fingerprint density at radius 2 is 2.26 bits per heavy atom. The van der Waals surface area contributed by atoms with Crippen molar-refractivity contribution in [3.05, 3.63) is 30.5 Å². The normalized spacial score (nSPS) is 12.1. The third-order valence-electron chi connectivity index (χ3n) is 2.76. The summed E-state index contributed by atoms with van der Waals surface area (Å²) in [6, 6.07) is 6.11. The fraction of sp³-hybridized carbons (Fsp3) is 0.231. The molecule has 3 N–H and O–H groups in total. The molecule has 1 unspecified atom stereocenters. The van der Waals surface area contributed by atoms with E-state index >= 15 is 0 Å². The highest BCUT2D eigenvalue weighted by molar-refractivity contribution is 5.94. The first-order valence-electron chi connectivity index (χ1n) is 5.68. The van der Waals surface area contributed by atoms with E-state index in [1.54, 1.807) is 31.5 Å². The number of anilines is 1. The molecule has 0 saturated heterocycles. The second kappa shape index (κ2) is 5.53. The van der Waals surface area contributed by atoms with Crippen LogP contribution in [0.25, 0.3) is 10.8 Å². The molecule has 0 saturated carbocycles. The highest BCUT2D eigenvalue weighted by atomic mass is 16.5. The van der Waals surface area contributed by atoms with Gasteiger partial charge in [-0.05, 0) is 29.7 Å². The summed E-state index contributed by atoms with van der Waals surface area (Å²) < 4.78 is 5.13. The molecule has 0 spiro atoms. The van der Waals surface area contributed by atoms with Crippen molar-refractivity contribution in [3.8, 4) is 5.75 Å². The molecule has 0 aliphatic heterocycles. The van der Waals surface area contributed by atoms with Crippen LogP contribution in [0.1, 0.15) is 0 Å². The number of ether oxygens (including phenoxy) is 1. The third kappa shape index (κ3) is 2.74. The molecular formula is C13H14N2O4. The summed E-state index contributed by atoms with van der Waals surface area (Å²) in [6.07, 6.45) is 1.57. The number of fused-ring (bicyclic) bond motifs is 1. The average molecular weight is 262 g/mol. The van der Waals surface area contributed by atoms with Crippen molar-refractivity contribution < 1.29 is 19.7 Å². The van der Waals surface area contributed by atoms with Gasteiger partial charge in [-0.15, -0.1) is 0 Å². The molecule has 1 aromatic carbocycles. The quantitative estimate of drug-likeness (QED) is 0.747. The van der Waals surface area contributed by atoms with Crippen LogP contribution in [0.15, 0.2) is 30.5 Å². The lowest BCUT2D eigenvalue weighted by Crippen LogP contribution is -2.33. The van der Waals surface area contributed by atoms with Crippen molar-refractivity contribution in [3.63, 3.8) is 0 Å². The molecule has 100 valence electrons. The number of nitrogens with one attached hydrogen (secondary N) is 1. The number of hydrogen-bond acceptors (Lipinski definition) is 5. The Bertz CT molecular complexity index is 600. The Morgan fingerprint density at radius 3 is 2.89 bits per heavy atom. The number of hydrogen-bond donors (Lipinski definition) is 3. The molecular weight excluding hydrogens is 248 g/mol. The van der Waals surface area contributed by atoms with Crippen molar-refractivity contribution in [1.82, 2.24) is 4.98 Å². The van der Waals surface area contributed by atoms with Gasteiger partial charge in [-0.3, -0.25) is 0 Å². The standard InChI is InChI=1S/C13H14N2O4/c1-19-9-2-3-10-8(6-9)4-5-14-12(10)15-11(7-16)13(17)18/h2-6,11,16H,7H2,1H3,(H,14,15)(H,17,18). The van der Waals surface area contributed by atoms with E-state index in [4.69, 9.17) is 14.9 Å². The lowest BCUT2D eigenvalue weighted by atomic mass is 10.1. The number of pyridine rings is 1. The second-order valence-corrected chi connectivity index (χ2v) is 3.96. The van der Waals surface area contributed by atoms with Crippen LogP contribution < -0.4 is 10.1 Å². The molecule has 2 aromatic rings. The van der Waals surface area contributed by atoms with Gasteiger partial charge in [0, 0.05) is 11.6 Å². The first kappa shape index (κ1) is 13.1. The van der Waals surface area contributed by atoms with Gasteiger partial charge in [-0.1, -0.05) is 0 Å². The topological polar surface area (TPSA) is 91.7 Å². The van der Waals surface area contributed by atoms with E-state index in [0.717, 1.165) is 10.8 Å². The molecule has 6 heteroatoms. The van der Waals surface area contributed by atoms with E-state index in [1.807, 2.05) is 6.07 Å². The summed E-state index contributed by atoms with van der Waals surface area (Å²) >= 11 is 0. The van der Waals surface area contributed by atoms with Crippen LogP contribution in [0.3, 0.4) is 0 Å². The van der Waals surface area contributed by atoms with Gasteiger partial charge in [-0.2, -0.15) is 0 Å². The summed E-state index contributed by atoms with van der Waals surface area (Å²) in [5.74, 6) is -0.00184. The molecule has 1 atom stereocenters. The molecule has 1 heterocycles. The van der Waals surface area contributed by atoms with Crippen molar-refractivity contribution in [2.45, 2.75) is 6.04 Å². The predicted octanol–water partition coefficient (Wildman–Crippen LogP) is 1.10. The minimum atomic E-state index is -1.13. The van der Waals surface area contributed by atoms with Crippen molar-refractivity contribution in [2.75, 3.05) is 19.0 Å². The fourth-order valence-electron chi connectivity index (χ4n) is 1.75. The van der Waals surface area contributed by atoms with Gasteiger partial charge < -0.3 is 20.3 Å². The zero-order valence-corrected chi connectivity index (χ0v) is 10.3. The number of carbonyl (C=O) groups is 1. The zero-order valence-electron chi connectivity index (χ0n) is 10.3. The number of aliphatic hydroxyl groups is 1. The Labute approximate surface area is 109 Å². The smallest absolute Gasteiger partial charge is 0.328 e. The van der Waals surface area contributed by atoms with Gasteiger partial charge in [0.1, 0.15) is 17.6 Å². The van der Waals surface area contributed by atoms with E-state index < -0.39 is 18.6 Å². The molecule has 0 radical (unpaired) electrons. The Balaban J connectivity index is 2.41. The molecule has 1 aromatic heterocycles. The molecule has 0 aliphatic carbocycles. The van der Waals surface area contributed by atoms with E-state index in [0.29, 0.717) is 11.6 Å². The maximum atomic E-state index is 10.9. The summed E-state index contributed by atoms with van der Waals surface area (Å²) in [6.45, 7) is -0.510. The zero-order chi connectivity index (χ0) is 13.8. The average Bonchev–Trinajstić information content (AvgIpc) is 2.43. The molecule has 0 aliphatic rings. The first-order valence-corrected chi connectivity index (χ1v) is 5.68. The Hall–Kier alpha value is -2.34. The van der Waals surface area contributed by atoms with Crippen molar-refractivity contribution in [1.29, 1.82) is 0 Å². The number of carboxylic acids is 1. The van der Waals surface area contributed by atoms with Gasteiger partial charge in [0.15, 0.2) is 0 Å². The van der Waals surface area contributed by atoms with E-state index in [2.05, 4.69) is 10.3 Å². The summed E-state index contributed by atoms with van der Waals surface area (Å²) in [5, 5.41) is 22.3. The summed E-state index contributed by atoms with van der Waals surface area (Å²) in [4.78, 5) is 15.0. The van der Waals surface area contributed by atoms with Gasteiger partial charge in [0.05, 0.1) is 13.7 Å². The number of carboxylic acid groups (broad SMARTS) is 1. The number of aliphatic carboxylic acids is 1. The molecule has 0 fully saturated rings. The Kier molecular flexibility index (Phi) is 3.82. The lowest BCUT2D eigenvalue weighted by Gasteiger charge is -2.14. The summed E-state index contributed by atoms with van der Waals surface area (Å²) in [5.41, 5.74) is 0. The molecule has 0 bridgehead atoms. The molecule has 0 amide bonds. The van der Waals surface area contributed by atoms with Gasteiger partial charge in [-0.25, -0.2) is 9.78 Å². The minimum absolute atomic E-state index is 0.418. The predicted molar refractivity (Wildman–Crippen MR) is 70.4 cm³/mol. The van der Waals surface area contributed by atoms with Crippen molar-refractivity contribution in [2.24, 2.45) is 0 Å². The van der Waals surface area contributed by atoms with Gasteiger partial charge >= 0.3 is 5.97 Å². The van der Waals surface area contributed by atoms with E-state index in [-0.39, 0.29) is 0 Å². The van der Waals surface area contributed by atoms with Gasteiger partial charge in [0.2, 0.25) is 0 Å². The number of benzene rings is 1. The SMILES string of the molecule is COc1ccc2c(NC(CO)C(=O)O)nccc2c1. The number of methoxy groups -OCH3 is 1. The number of rotatable bonds is 5. The largest absolute Gasteiger partial charge is 0.497 e.